The number of benzene rings is 1. The van der Waals surface area contributed by atoms with E-state index in [9.17, 15) is 9.59 Å². The first kappa shape index (κ1) is 18.9. The van der Waals surface area contributed by atoms with Crippen LogP contribution in [0.2, 0.25) is 0 Å². The third kappa shape index (κ3) is 3.65. The number of rotatable bonds is 4. The van der Waals surface area contributed by atoms with Crippen LogP contribution in [0.15, 0.2) is 24.3 Å². The Morgan fingerprint density at radius 3 is 2.38 bits per heavy atom. The SMILES string of the molecule is CC(C)C(=O)N1CC[C@]2(CCCN(Cc3ccc(C(C)C)cc3)C2=O)C1. The molecule has 0 aromatic heterocycles. The molecule has 4 heteroatoms. The van der Waals surface area contributed by atoms with Crippen LogP contribution in [0.1, 0.15) is 64.0 Å². The molecule has 0 bridgehead atoms. The summed E-state index contributed by atoms with van der Waals surface area (Å²) in [5.41, 5.74) is 2.17. The molecule has 142 valence electrons. The van der Waals surface area contributed by atoms with Crippen LogP contribution in [0.5, 0.6) is 0 Å². The van der Waals surface area contributed by atoms with Gasteiger partial charge in [-0.1, -0.05) is 52.0 Å². The van der Waals surface area contributed by atoms with Crippen molar-refractivity contribution in [3.8, 4) is 0 Å². The minimum Gasteiger partial charge on any atom is -0.341 e. The van der Waals surface area contributed by atoms with Crippen molar-refractivity contribution in [1.82, 2.24) is 9.80 Å². The predicted octanol–water partition coefficient (Wildman–Crippen LogP) is 3.81. The van der Waals surface area contributed by atoms with E-state index in [0.29, 0.717) is 19.0 Å². The van der Waals surface area contributed by atoms with Crippen LogP contribution >= 0.6 is 0 Å². The minimum atomic E-state index is -0.347. The van der Waals surface area contributed by atoms with E-state index >= 15 is 0 Å². The van der Waals surface area contributed by atoms with Crippen molar-refractivity contribution in [1.29, 1.82) is 0 Å². The number of hydrogen-bond acceptors (Lipinski definition) is 2. The molecule has 2 saturated heterocycles. The summed E-state index contributed by atoms with van der Waals surface area (Å²) in [7, 11) is 0. The van der Waals surface area contributed by atoms with Gasteiger partial charge in [0.25, 0.3) is 0 Å². The van der Waals surface area contributed by atoms with E-state index in [-0.39, 0.29) is 23.1 Å². The van der Waals surface area contributed by atoms with Gasteiger partial charge in [-0.25, -0.2) is 0 Å². The van der Waals surface area contributed by atoms with Crippen LogP contribution in [-0.4, -0.2) is 41.2 Å². The van der Waals surface area contributed by atoms with Crippen molar-refractivity contribution in [3.05, 3.63) is 35.4 Å². The Morgan fingerprint density at radius 1 is 1.08 bits per heavy atom. The lowest BCUT2D eigenvalue weighted by atomic mass is 9.78. The van der Waals surface area contributed by atoms with Gasteiger partial charge in [-0.3, -0.25) is 9.59 Å². The molecular weight excluding hydrogens is 324 g/mol. The molecule has 2 aliphatic heterocycles. The highest BCUT2D eigenvalue weighted by molar-refractivity contribution is 5.86. The highest BCUT2D eigenvalue weighted by Crippen LogP contribution is 2.40. The van der Waals surface area contributed by atoms with E-state index in [4.69, 9.17) is 0 Å². The number of hydrogen-bond donors (Lipinski definition) is 0. The fourth-order valence-electron chi connectivity index (χ4n) is 4.34. The van der Waals surface area contributed by atoms with Crippen molar-refractivity contribution >= 4 is 11.8 Å². The first-order chi connectivity index (χ1) is 12.3. The zero-order valence-corrected chi connectivity index (χ0v) is 16.6. The molecule has 1 aromatic carbocycles. The average molecular weight is 357 g/mol. The van der Waals surface area contributed by atoms with Gasteiger partial charge in [0.05, 0.1) is 5.41 Å². The third-order valence-electron chi connectivity index (χ3n) is 6.00. The quantitative estimate of drug-likeness (QED) is 0.823. The number of nitrogens with zero attached hydrogens (tertiary/aromatic N) is 2. The second-order valence-electron chi connectivity index (χ2n) is 8.67. The van der Waals surface area contributed by atoms with Gasteiger partial charge in [-0.05, 0) is 36.3 Å². The fraction of sp³-hybridized carbons (Fsp3) is 0.636. The summed E-state index contributed by atoms with van der Waals surface area (Å²) >= 11 is 0. The van der Waals surface area contributed by atoms with Crippen LogP contribution in [0.3, 0.4) is 0 Å². The molecule has 4 nitrogen and oxygen atoms in total. The van der Waals surface area contributed by atoms with Crippen LogP contribution in [0, 0.1) is 11.3 Å². The molecule has 1 aromatic rings. The van der Waals surface area contributed by atoms with Crippen LogP contribution in [0.4, 0.5) is 0 Å². The number of piperidine rings is 1. The molecule has 0 unspecified atom stereocenters. The Labute approximate surface area is 157 Å². The Balaban J connectivity index is 1.69. The maximum atomic E-state index is 13.3. The van der Waals surface area contributed by atoms with Crippen LogP contribution in [-0.2, 0) is 16.1 Å². The monoisotopic (exact) mass is 356 g/mol. The van der Waals surface area contributed by atoms with E-state index in [1.54, 1.807) is 0 Å². The summed E-state index contributed by atoms with van der Waals surface area (Å²) in [6.45, 7) is 11.1. The molecule has 0 N–H and O–H groups in total. The third-order valence-corrected chi connectivity index (χ3v) is 6.00. The van der Waals surface area contributed by atoms with Crippen molar-refractivity contribution in [2.24, 2.45) is 11.3 Å². The van der Waals surface area contributed by atoms with Crippen molar-refractivity contribution < 1.29 is 9.59 Å². The lowest BCUT2D eigenvalue weighted by Crippen LogP contribution is -2.50. The molecule has 1 atom stereocenters. The molecule has 0 aliphatic carbocycles. The topological polar surface area (TPSA) is 40.6 Å². The number of carbonyl (C=O) groups is 2. The van der Waals surface area contributed by atoms with Gasteiger partial charge in [0.2, 0.25) is 11.8 Å². The van der Waals surface area contributed by atoms with Gasteiger partial charge < -0.3 is 9.80 Å². The van der Waals surface area contributed by atoms with Crippen molar-refractivity contribution in [2.45, 2.75) is 59.4 Å². The lowest BCUT2D eigenvalue weighted by Gasteiger charge is -2.39. The Bertz CT molecular complexity index is 665. The summed E-state index contributed by atoms with van der Waals surface area (Å²) in [6.07, 6.45) is 2.75. The Hall–Kier alpha value is -1.84. The Morgan fingerprint density at radius 2 is 1.77 bits per heavy atom. The van der Waals surface area contributed by atoms with Gasteiger partial charge >= 0.3 is 0 Å². The van der Waals surface area contributed by atoms with Crippen molar-refractivity contribution in [2.75, 3.05) is 19.6 Å². The smallest absolute Gasteiger partial charge is 0.230 e. The van der Waals surface area contributed by atoms with E-state index in [1.807, 2.05) is 23.6 Å². The molecule has 2 heterocycles. The van der Waals surface area contributed by atoms with E-state index in [2.05, 4.69) is 38.1 Å². The second-order valence-corrected chi connectivity index (χ2v) is 8.67. The molecular formula is C22H32N2O2. The summed E-state index contributed by atoms with van der Waals surface area (Å²) < 4.78 is 0. The summed E-state index contributed by atoms with van der Waals surface area (Å²) in [5, 5.41) is 0. The number of amides is 2. The van der Waals surface area contributed by atoms with Gasteiger partial charge in [0.1, 0.15) is 0 Å². The van der Waals surface area contributed by atoms with E-state index < -0.39 is 0 Å². The minimum absolute atomic E-state index is 0.000539. The van der Waals surface area contributed by atoms with E-state index in [0.717, 1.165) is 32.4 Å². The summed E-state index contributed by atoms with van der Waals surface area (Å²) in [4.78, 5) is 29.5. The lowest BCUT2D eigenvalue weighted by molar-refractivity contribution is -0.147. The number of carbonyl (C=O) groups excluding carboxylic acids is 2. The predicted molar refractivity (Wildman–Crippen MR) is 104 cm³/mol. The standard InChI is InChI=1S/C22H32N2O2/c1-16(2)19-8-6-18(7-9-19)14-23-12-5-10-22(21(23)26)11-13-24(15-22)20(25)17(3)4/h6-9,16-17H,5,10-15H2,1-4H3/t22-/m1/s1. The maximum Gasteiger partial charge on any atom is 0.230 e. The zero-order chi connectivity index (χ0) is 18.9. The average Bonchev–Trinajstić information content (AvgIpc) is 3.04. The van der Waals surface area contributed by atoms with Crippen LogP contribution < -0.4 is 0 Å². The Kier molecular flexibility index (Phi) is 5.40. The molecule has 2 fully saturated rings. The molecule has 26 heavy (non-hydrogen) atoms. The highest BCUT2D eigenvalue weighted by Gasteiger charge is 2.49. The van der Waals surface area contributed by atoms with Crippen LogP contribution in [0.25, 0.3) is 0 Å². The summed E-state index contributed by atoms with van der Waals surface area (Å²) in [5.74, 6) is 0.943. The molecule has 2 aliphatic rings. The molecule has 0 radical (unpaired) electrons. The molecule has 0 saturated carbocycles. The van der Waals surface area contributed by atoms with Gasteiger partial charge in [0.15, 0.2) is 0 Å². The highest BCUT2D eigenvalue weighted by atomic mass is 16.2. The van der Waals surface area contributed by atoms with Gasteiger partial charge in [-0.2, -0.15) is 0 Å². The van der Waals surface area contributed by atoms with Crippen molar-refractivity contribution in [3.63, 3.8) is 0 Å². The molecule has 2 amide bonds. The number of likely N-dealkylation sites (tertiary alicyclic amines) is 2. The molecule has 3 rings (SSSR count). The first-order valence-corrected chi connectivity index (χ1v) is 9.99. The summed E-state index contributed by atoms with van der Waals surface area (Å²) in [6, 6.07) is 8.63. The van der Waals surface area contributed by atoms with E-state index in [1.165, 1.54) is 11.1 Å². The second kappa shape index (κ2) is 7.42. The maximum absolute atomic E-state index is 13.3. The molecule has 1 spiro atoms. The first-order valence-electron chi connectivity index (χ1n) is 9.99. The zero-order valence-electron chi connectivity index (χ0n) is 16.6. The largest absolute Gasteiger partial charge is 0.341 e. The van der Waals surface area contributed by atoms with Gasteiger partial charge in [0, 0.05) is 32.1 Å². The van der Waals surface area contributed by atoms with Gasteiger partial charge in [-0.15, -0.1) is 0 Å². The normalized spacial score (nSPS) is 23.5. The fourth-order valence-corrected chi connectivity index (χ4v) is 4.34.